The van der Waals surface area contributed by atoms with Crippen LogP contribution in [-0.2, 0) is 9.53 Å². The van der Waals surface area contributed by atoms with Crippen molar-refractivity contribution in [2.45, 2.75) is 122 Å². The highest BCUT2D eigenvalue weighted by Crippen LogP contribution is 2.29. The summed E-state index contributed by atoms with van der Waals surface area (Å²) in [6.45, 7) is 5.85. The van der Waals surface area contributed by atoms with E-state index in [0.717, 1.165) is 18.8 Å². The van der Waals surface area contributed by atoms with Gasteiger partial charge in [-0.25, -0.2) is 9.97 Å². The van der Waals surface area contributed by atoms with E-state index in [2.05, 4.69) is 23.8 Å². The number of aliphatic hydroxyl groups is 4. The largest absolute Gasteiger partial charge is 0.445 e. The number of nitrogens with zero attached hydrogens (tertiary/aromatic N) is 2. The van der Waals surface area contributed by atoms with E-state index in [-0.39, 0.29) is 30.2 Å². The number of hydrogen-bond acceptors (Lipinski definition) is 10. The van der Waals surface area contributed by atoms with Gasteiger partial charge in [0.2, 0.25) is 12.0 Å². The van der Waals surface area contributed by atoms with Crippen molar-refractivity contribution in [2.24, 2.45) is 5.92 Å². The molecule has 10 heteroatoms. The Balaban J connectivity index is 1.80. The molecule has 0 aromatic carbocycles. The number of aliphatic hydroxyl groups excluding tert-OH is 4. The summed E-state index contributed by atoms with van der Waals surface area (Å²) in [5, 5.41) is 39.5. The number of unbranched alkanes of at least 4 members (excludes halogenated alkanes) is 7. The van der Waals surface area contributed by atoms with Gasteiger partial charge in [-0.15, -0.1) is 0 Å². The van der Waals surface area contributed by atoms with Crippen LogP contribution < -0.4 is 0 Å². The maximum absolute atomic E-state index is 12.5. The maximum atomic E-state index is 12.5. The van der Waals surface area contributed by atoms with Crippen LogP contribution in [0.5, 0.6) is 0 Å². The summed E-state index contributed by atoms with van der Waals surface area (Å²) in [7, 11) is 0. The van der Waals surface area contributed by atoms with Crippen LogP contribution >= 0.6 is 0 Å². The fourth-order valence-electron chi connectivity index (χ4n) is 4.04. The molecule has 0 spiro atoms. The molecule has 2 aromatic heterocycles. The van der Waals surface area contributed by atoms with Gasteiger partial charge in [-0.1, -0.05) is 65.2 Å². The molecule has 1 unspecified atom stereocenters. The van der Waals surface area contributed by atoms with E-state index >= 15 is 0 Å². The van der Waals surface area contributed by atoms with Crippen molar-refractivity contribution in [3.63, 3.8) is 0 Å². The maximum Gasteiger partial charge on any atom is 0.307 e. The Labute approximate surface area is 219 Å². The van der Waals surface area contributed by atoms with Crippen LogP contribution in [0.4, 0.5) is 0 Å². The van der Waals surface area contributed by atoms with Gasteiger partial charge in [-0.2, -0.15) is 0 Å². The summed E-state index contributed by atoms with van der Waals surface area (Å²) in [6, 6.07) is 0. The predicted octanol–water partition coefficient (Wildman–Crippen LogP) is 4.38. The average molecular weight is 525 g/mol. The lowest BCUT2D eigenvalue weighted by atomic mass is 10.0. The van der Waals surface area contributed by atoms with E-state index < -0.39 is 36.5 Å². The van der Waals surface area contributed by atoms with Gasteiger partial charge in [0.05, 0.1) is 18.4 Å². The molecular formula is C27H44N2O8. The number of hydrogen-bond donors (Lipinski definition) is 4. The van der Waals surface area contributed by atoms with Crippen molar-refractivity contribution in [1.82, 2.24) is 9.97 Å². The lowest BCUT2D eigenvalue weighted by Crippen LogP contribution is -2.36. The molecule has 0 saturated heterocycles. The smallest absolute Gasteiger partial charge is 0.307 e. The number of carbonyl (C=O) groups excluding carboxylic acids is 1. The summed E-state index contributed by atoms with van der Waals surface area (Å²) in [6.07, 6.45) is 7.74. The van der Waals surface area contributed by atoms with Gasteiger partial charge in [-0.3, -0.25) is 4.79 Å². The van der Waals surface area contributed by atoms with Crippen LogP contribution in [0.1, 0.15) is 121 Å². The SMILES string of the molecule is CC(C)CCCCCCCCCCC(=O)OC(c1cnco1)c1nc([C@H](O)C[C@H](O)[C@H](O)[C@H](C)O)co1. The summed E-state index contributed by atoms with van der Waals surface area (Å²) in [4.78, 5) is 20.6. The van der Waals surface area contributed by atoms with Gasteiger partial charge in [0.1, 0.15) is 24.2 Å². The first-order chi connectivity index (χ1) is 17.7. The molecule has 37 heavy (non-hydrogen) atoms. The molecule has 2 rings (SSSR count). The zero-order chi connectivity index (χ0) is 27.2. The molecule has 2 heterocycles. The Hall–Kier alpha value is -2.27. The lowest BCUT2D eigenvalue weighted by molar-refractivity contribution is -0.149. The summed E-state index contributed by atoms with van der Waals surface area (Å²) < 4.78 is 16.3. The van der Waals surface area contributed by atoms with Gasteiger partial charge in [0.25, 0.3) is 0 Å². The van der Waals surface area contributed by atoms with Gasteiger partial charge in [0, 0.05) is 12.8 Å². The zero-order valence-electron chi connectivity index (χ0n) is 22.3. The molecule has 0 radical (unpaired) electrons. The molecular weight excluding hydrogens is 480 g/mol. The number of aromatic nitrogens is 2. The van der Waals surface area contributed by atoms with Crippen molar-refractivity contribution in [1.29, 1.82) is 0 Å². The third-order valence-electron chi connectivity index (χ3n) is 6.33. The first-order valence-corrected chi connectivity index (χ1v) is 13.4. The first-order valence-electron chi connectivity index (χ1n) is 13.4. The molecule has 4 N–H and O–H groups in total. The Kier molecular flexibility index (Phi) is 13.8. The zero-order valence-corrected chi connectivity index (χ0v) is 22.3. The Morgan fingerprint density at radius 2 is 1.59 bits per heavy atom. The number of carbonyl (C=O) groups is 1. The third-order valence-corrected chi connectivity index (χ3v) is 6.33. The Morgan fingerprint density at radius 1 is 0.946 bits per heavy atom. The highest BCUT2D eigenvalue weighted by Gasteiger charge is 2.30. The minimum Gasteiger partial charge on any atom is -0.445 e. The molecule has 0 aliphatic carbocycles. The molecule has 10 nitrogen and oxygen atoms in total. The van der Waals surface area contributed by atoms with Crippen LogP contribution in [0.3, 0.4) is 0 Å². The Morgan fingerprint density at radius 3 is 2.19 bits per heavy atom. The number of esters is 1. The summed E-state index contributed by atoms with van der Waals surface area (Å²) >= 11 is 0. The van der Waals surface area contributed by atoms with Crippen LogP contribution in [0.25, 0.3) is 0 Å². The average Bonchev–Trinajstić information content (AvgIpc) is 3.55. The van der Waals surface area contributed by atoms with Crippen molar-refractivity contribution < 1.29 is 38.8 Å². The van der Waals surface area contributed by atoms with E-state index in [0.29, 0.717) is 6.42 Å². The quantitative estimate of drug-likeness (QED) is 0.153. The van der Waals surface area contributed by atoms with Crippen molar-refractivity contribution in [3.05, 3.63) is 36.2 Å². The lowest BCUT2D eigenvalue weighted by Gasteiger charge is -2.21. The van der Waals surface area contributed by atoms with Gasteiger partial charge < -0.3 is 34.0 Å². The monoisotopic (exact) mass is 524 g/mol. The number of rotatable bonds is 19. The fraction of sp³-hybridized carbons (Fsp3) is 0.741. The van der Waals surface area contributed by atoms with E-state index in [1.807, 2.05) is 0 Å². The van der Waals surface area contributed by atoms with Gasteiger partial charge in [-0.05, 0) is 19.3 Å². The molecule has 210 valence electrons. The molecule has 0 amide bonds. The second-order valence-corrected chi connectivity index (χ2v) is 10.2. The second-order valence-electron chi connectivity index (χ2n) is 10.2. The highest BCUT2D eigenvalue weighted by atomic mass is 16.6. The standard InChI is InChI=1S/C27H44N2O8/c1-18(2)12-10-8-6-4-5-7-9-11-13-24(33)37-26(23-15-28-17-36-23)27-29-20(16-35-27)21(31)14-22(32)25(34)19(3)30/h15-19,21-22,25-26,30-32,34H,4-14H2,1-3H3/t19-,21+,22-,25+,26?/m0/s1. The van der Waals surface area contributed by atoms with Crippen LogP contribution in [0.15, 0.2) is 27.7 Å². The van der Waals surface area contributed by atoms with E-state index in [1.165, 1.54) is 64.3 Å². The number of ether oxygens (including phenoxy) is 1. The molecule has 0 aliphatic rings. The van der Waals surface area contributed by atoms with Crippen molar-refractivity contribution >= 4 is 5.97 Å². The van der Waals surface area contributed by atoms with Crippen LogP contribution in [-0.4, -0.2) is 54.7 Å². The molecule has 5 atom stereocenters. The minimum absolute atomic E-state index is 0.0119. The normalized spacial score (nSPS) is 15.9. The topological polar surface area (TPSA) is 159 Å². The van der Waals surface area contributed by atoms with Gasteiger partial charge >= 0.3 is 5.97 Å². The van der Waals surface area contributed by atoms with E-state index in [9.17, 15) is 25.2 Å². The molecule has 0 saturated carbocycles. The van der Waals surface area contributed by atoms with Crippen LogP contribution in [0, 0.1) is 5.92 Å². The van der Waals surface area contributed by atoms with E-state index in [4.69, 9.17) is 13.6 Å². The fourth-order valence-corrected chi connectivity index (χ4v) is 4.04. The number of oxazole rings is 2. The highest BCUT2D eigenvalue weighted by molar-refractivity contribution is 5.69. The third kappa shape index (κ3) is 11.3. The summed E-state index contributed by atoms with van der Waals surface area (Å²) in [5.41, 5.74) is 0.0802. The summed E-state index contributed by atoms with van der Waals surface area (Å²) in [5.74, 6) is 0.558. The van der Waals surface area contributed by atoms with Crippen LogP contribution in [0.2, 0.25) is 0 Å². The van der Waals surface area contributed by atoms with Gasteiger partial charge in [0.15, 0.2) is 12.2 Å². The molecule has 0 fully saturated rings. The molecule has 0 bridgehead atoms. The molecule has 2 aromatic rings. The van der Waals surface area contributed by atoms with Crippen molar-refractivity contribution in [3.8, 4) is 0 Å². The molecule has 0 aliphatic heterocycles. The second kappa shape index (κ2) is 16.5. The van der Waals surface area contributed by atoms with Crippen molar-refractivity contribution in [2.75, 3.05) is 0 Å². The predicted molar refractivity (Wildman–Crippen MR) is 135 cm³/mol. The Bertz CT molecular complexity index is 868. The first kappa shape index (κ1) is 31.0. The minimum atomic E-state index is -1.42. The van der Waals surface area contributed by atoms with E-state index in [1.54, 1.807) is 0 Å².